The molecule has 0 saturated heterocycles. The number of benzene rings is 1. The van der Waals surface area contributed by atoms with Crippen LogP contribution in [0.5, 0.6) is 5.75 Å². The first-order chi connectivity index (χ1) is 8.81. The average molecular weight is 261 g/mol. The maximum atomic E-state index is 12.2. The SMILES string of the molecule is Cn1c(=O)c(CCC(C)(C)O)c(O)c2ccccc21. The van der Waals surface area contributed by atoms with Crippen LogP contribution in [0.25, 0.3) is 10.9 Å². The highest BCUT2D eigenvalue weighted by atomic mass is 16.3. The van der Waals surface area contributed by atoms with Crippen molar-refractivity contribution in [3.05, 3.63) is 40.2 Å². The second kappa shape index (κ2) is 4.70. The smallest absolute Gasteiger partial charge is 0.257 e. The molecule has 2 N–H and O–H groups in total. The zero-order chi connectivity index (χ0) is 14.2. The van der Waals surface area contributed by atoms with Gasteiger partial charge in [0.15, 0.2) is 0 Å². The lowest BCUT2D eigenvalue weighted by atomic mass is 9.98. The van der Waals surface area contributed by atoms with E-state index in [1.807, 2.05) is 12.1 Å². The summed E-state index contributed by atoms with van der Waals surface area (Å²) >= 11 is 0. The van der Waals surface area contributed by atoms with Gasteiger partial charge in [-0.25, -0.2) is 0 Å². The Morgan fingerprint density at radius 1 is 1.26 bits per heavy atom. The van der Waals surface area contributed by atoms with Gasteiger partial charge in [0.2, 0.25) is 0 Å². The quantitative estimate of drug-likeness (QED) is 0.887. The minimum absolute atomic E-state index is 0.0305. The molecule has 0 atom stereocenters. The Bertz CT molecular complexity index is 665. The molecule has 0 fully saturated rings. The molecule has 0 aliphatic rings. The zero-order valence-corrected chi connectivity index (χ0v) is 11.5. The van der Waals surface area contributed by atoms with Gasteiger partial charge in [-0.2, -0.15) is 0 Å². The van der Waals surface area contributed by atoms with Gasteiger partial charge in [0.05, 0.1) is 16.7 Å². The number of hydrogen-bond donors (Lipinski definition) is 2. The van der Waals surface area contributed by atoms with Crippen molar-refractivity contribution in [1.82, 2.24) is 4.57 Å². The lowest BCUT2D eigenvalue weighted by Gasteiger charge is -2.18. The maximum absolute atomic E-state index is 12.2. The molecular weight excluding hydrogens is 242 g/mol. The van der Waals surface area contributed by atoms with Crippen LogP contribution in [0.4, 0.5) is 0 Å². The maximum Gasteiger partial charge on any atom is 0.257 e. The summed E-state index contributed by atoms with van der Waals surface area (Å²) in [7, 11) is 1.69. The number of hydrogen-bond acceptors (Lipinski definition) is 3. The van der Waals surface area contributed by atoms with E-state index in [-0.39, 0.29) is 11.3 Å². The summed E-state index contributed by atoms with van der Waals surface area (Å²) in [4.78, 5) is 12.2. The Balaban J connectivity index is 2.59. The van der Waals surface area contributed by atoms with Crippen LogP contribution in [0.2, 0.25) is 0 Å². The first-order valence-corrected chi connectivity index (χ1v) is 6.33. The number of aromatic hydroxyl groups is 1. The molecule has 0 bridgehead atoms. The third kappa shape index (κ3) is 2.63. The van der Waals surface area contributed by atoms with Gasteiger partial charge >= 0.3 is 0 Å². The zero-order valence-electron chi connectivity index (χ0n) is 11.5. The van der Waals surface area contributed by atoms with E-state index in [0.717, 1.165) is 0 Å². The summed E-state index contributed by atoms with van der Waals surface area (Å²) < 4.78 is 1.54. The Hall–Kier alpha value is -1.81. The number of aryl methyl sites for hydroxylation is 1. The molecule has 1 aromatic carbocycles. The Labute approximate surface area is 111 Å². The van der Waals surface area contributed by atoms with E-state index >= 15 is 0 Å². The molecule has 0 saturated carbocycles. The number of nitrogens with zero attached hydrogens (tertiary/aromatic N) is 1. The third-order valence-corrected chi connectivity index (χ3v) is 3.36. The molecule has 2 rings (SSSR count). The molecule has 2 aromatic rings. The molecule has 102 valence electrons. The lowest BCUT2D eigenvalue weighted by molar-refractivity contribution is 0.0711. The molecule has 1 heterocycles. The molecule has 1 aromatic heterocycles. The molecule has 0 aliphatic carbocycles. The van der Waals surface area contributed by atoms with Gasteiger partial charge in [0.1, 0.15) is 5.75 Å². The highest BCUT2D eigenvalue weighted by Crippen LogP contribution is 2.27. The number of pyridine rings is 1. The number of fused-ring (bicyclic) bond motifs is 1. The third-order valence-electron chi connectivity index (χ3n) is 3.36. The summed E-state index contributed by atoms with van der Waals surface area (Å²) in [6.07, 6.45) is 0.779. The molecule has 0 spiro atoms. The fraction of sp³-hybridized carbons (Fsp3) is 0.400. The van der Waals surface area contributed by atoms with Crippen molar-refractivity contribution < 1.29 is 10.2 Å². The largest absolute Gasteiger partial charge is 0.507 e. The molecule has 4 nitrogen and oxygen atoms in total. The van der Waals surface area contributed by atoms with Gasteiger partial charge in [-0.05, 0) is 38.8 Å². The summed E-state index contributed by atoms with van der Waals surface area (Å²) in [6, 6.07) is 7.25. The summed E-state index contributed by atoms with van der Waals surface area (Å²) in [5, 5.41) is 20.7. The molecule has 4 heteroatoms. The monoisotopic (exact) mass is 261 g/mol. The van der Waals surface area contributed by atoms with Crippen molar-refractivity contribution in [2.24, 2.45) is 7.05 Å². The Morgan fingerprint density at radius 3 is 2.53 bits per heavy atom. The van der Waals surface area contributed by atoms with Crippen molar-refractivity contribution in [3.63, 3.8) is 0 Å². The van der Waals surface area contributed by atoms with E-state index in [1.165, 1.54) is 4.57 Å². The summed E-state index contributed by atoms with van der Waals surface area (Å²) in [5.41, 5.74) is 0.00380. The lowest BCUT2D eigenvalue weighted by Crippen LogP contribution is -2.25. The van der Waals surface area contributed by atoms with Crippen LogP contribution in [0.3, 0.4) is 0 Å². The predicted octanol–water partition coefficient (Wildman–Crippen LogP) is 1.95. The minimum atomic E-state index is -0.858. The van der Waals surface area contributed by atoms with Crippen LogP contribution >= 0.6 is 0 Å². The predicted molar refractivity (Wildman–Crippen MR) is 75.5 cm³/mol. The van der Waals surface area contributed by atoms with Crippen LogP contribution in [0, 0.1) is 0 Å². The van der Waals surface area contributed by atoms with Crippen LogP contribution in [0.1, 0.15) is 25.8 Å². The van der Waals surface area contributed by atoms with Gasteiger partial charge in [0.25, 0.3) is 5.56 Å². The summed E-state index contributed by atoms with van der Waals surface area (Å²) in [5.74, 6) is 0.0305. The van der Waals surface area contributed by atoms with Gasteiger partial charge in [-0.3, -0.25) is 4.79 Å². The van der Waals surface area contributed by atoms with Crippen molar-refractivity contribution in [3.8, 4) is 5.75 Å². The highest BCUT2D eigenvalue weighted by molar-refractivity contribution is 5.86. The normalized spacial score (nSPS) is 12.0. The van der Waals surface area contributed by atoms with E-state index in [2.05, 4.69) is 0 Å². The molecule has 0 radical (unpaired) electrons. The van der Waals surface area contributed by atoms with Crippen molar-refractivity contribution in [1.29, 1.82) is 0 Å². The standard InChI is InChI=1S/C15H19NO3/c1-15(2,19)9-8-11-13(17)10-6-4-5-7-12(10)16(3)14(11)18/h4-7,17,19H,8-9H2,1-3H3. The van der Waals surface area contributed by atoms with E-state index in [0.29, 0.717) is 29.3 Å². The van der Waals surface area contributed by atoms with Gasteiger partial charge < -0.3 is 14.8 Å². The number of para-hydroxylation sites is 1. The van der Waals surface area contributed by atoms with E-state index in [9.17, 15) is 15.0 Å². The van der Waals surface area contributed by atoms with E-state index < -0.39 is 5.60 Å². The molecule has 0 amide bonds. The molecule has 0 unspecified atom stereocenters. The van der Waals surface area contributed by atoms with E-state index in [4.69, 9.17) is 0 Å². The van der Waals surface area contributed by atoms with Crippen LogP contribution < -0.4 is 5.56 Å². The van der Waals surface area contributed by atoms with Crippen LogP contribution in [-0.4, -0.2) is 20.4 Å². The second-order valence-electron chi connectivity index (χ2n) is 5.52. The first kappa shape index (κ1) is 13.6. The van der Waals surface area contributed by atoms with Crippen LogP contribution in [-0.2, 0) is 13.5 Å². The fourth-order valence-corrected chi connectivity index (χ4v) is 2.20. The van der Waals surface area contributed by atoms with Crippen LogP contribution in [0.15, 0.2) is 29.1 Å². The Morgan fingerprint density at radius 2 is 1.89 bits per heavy atom. The fourth-order valence-electron chi connectivity index (χ4n) is 2.20. The number of aromatic nitrogens is 1. The second-order valence-corrected chi connectivity index (χ2v) is 5.52. The molecule has 0 aliphatic heterocycles. The number of aliphatic hydroxyl groups is 1. The highest BCUT2D eigenvalue weighted by Gasteiger charge is 2.18. The van der Waals surface area contributed by atoms with Crippen molar-refractivity contribution >= 4 is 10.9 Å². The van der Waals surface area contributed by atoms with Crippen molar-refractivity contribution in [2.45, 2.75) is 32.3 Å². The van der Waals surface area contributed by atoms with Gasteiger partial charge in [0, 0.05) is 12.4 Å². The first-order valence-electron chi connectivity index (χ1n) is 6.33. The molecular formula is C15H19NO3. The van der Waals surface area contributed by atoms with Gasteiger partial charge in [-0.15, -0.1) is 0 Å². The topological polar surface area (TPSA) is 62.5 Å². The van der Waals surface area contributed by atoms with Crippen molar-refractivity contribution in [2.75, 3.05) is 0 Å². The van der Waals surface area contributed by atoms with E-state index in [1.54, 1.807) is 33.0 Å². The average Bonchev–Trinajstić information content (AvgIpc) is 2.35. The summed E-state index contributed by atoms with van der Waals surface area (Å²) in [6.45, 7) is 3.38. The molecule has 19 heavy (non-hydrogen) atoms. The Kier molecular flexibility index (Phi) is 3.37. The minimum Gasteiger partial charge on any atom is -0.507 e. The van der Waals surface area contributed by atoms with Gasteiger partial charge in [-0.1, -0.05) is 12.1 Å². The number of rotatable bonds is 3.